The zero-order valence-corrected chi connectivity index (χ0v) is 13.5. The van der Waals surface area contributed by atoms with Crippen LogP contribution in [0.1, 0.15) is 11.4 Å². The molecule has 0 spiro atoms. The van der Waals surface area contributed by atoms with Crippen LogP contribution in [0.15, 0.2) is 12.1 Å². The fourth-order valence-corrected chi connectivity index (χ4v) is 3.03. The molecule has 1 aliphatic rings. The summed E-state index contributed by atoms with van der Waals surface area (Å²) in [6.07, 6.45) is 0. The molecule has 3 heterocycles. The number of aromatic nitrogens is 4. The van der Waals surface area contributed by atoms with Gasteiger partial charge < -0.3 is 9.80 Å². The molecule has 1 saturated heterocycles. The van der Waals surface area contributed by atoms with E-state index in [9.17, 15) is 4.39 Å². The van der Waals surface area contributed by atoms with Gasteiger partial charge in [0.15, 0.2) is 5.65 Å². The Hall–Kier alpha value is -2.28. The molecule has 0 bridgehead atoms. The summed E-state index contributed by atoms with van der Waals surface area (Å²) in [6.45, 7) is 7.35. The van der Waals surface area contributed by atoms with Crippen molar-refractivity contribution in [1.29, 1.82) is 0 Å². The Bertz CT molecular complexity index is 895. The number of benzene rings is 1. The molecule has 3 aromatic rings. The molecule has 0 unspecified atom stereocenters. The number of rotatable bonds is 1. The molecule has 23 heavy (non-hydrogen) atoms. The highest BCUT2D eigenvalue weighted by molar-refractivity contribution is 5.92. The second-order valence-corrected chi connectivity index (χ2v) is 6.22. The Kier molecular flexibility index (Phi) is 3.19. The van der Waals surface area contributed by atoms with Crippen molar-refractivity contribution in [2.45, 2.75) is 13.8 Å². The molecule has 0 saturated carbocycles. The van der Waals surface area contributed by atoms with Crippen LogP contribution in [-0.2, 0) is 0 Å². The minimum atomic E-state index is -0.241. The lowest BCUT2D eigenvalue weighted by molar-refractivity contribution is 0.310. The third-order valence-corrected chi connectivity index (χ3v) is 4.43. The number of nitrogens with zero attached hydrogens (tertiary/aromatic N) is 6. The molecule has 1 aromatic carbocycles. The van der Waals surface area contributed by atoms with Gasteiger partial charge in [-0.1, -0.05) is 0 Å². The molecule has 1 fully saturated rings. The Morgan fingerprint density at radius 1 is 1.04 bits per heavy atom. The van der Waals surface area contributed by atoms with Crippen LogP contribution < -0.4 is 4.90 Å². The summed E-state index contributed by atoms with van der Waals surface area (Å²) >= 11 is 0. The van der Waals surface area contributed by atoms with Gasteiger partial charge in [0.2, 0.25) is 5.95 Å². The van der Waals surface area contributed by atoms with Crippen molar-refractivity contribution in [3.63, 3.8) is 0 Å². The first-order valence-corrected chi connectivity index (χ1v) is 7.79. The molecule has 120 valence electrons. The van der Waals surface area contributed by atoms with Gasteiger partial charge in [-0.05, 0) is 38.6 Å². The van der Waals surface area contributed by atoms with Gasteiger partial charge in [0.1, 0.15) is 11.6 Å². The first-order valence-electron chi connectivity index (χ1n) is 7.79. The normalized spacial score (nSPS) is 16.6. The van der Waals surface area contributed by atoms with E-state index < -0.39 is 0 Å². The van der Waals surface area contributed by atoms with Crippen molar-refractivity contribution in [2.24, 2.45) is 0 Å². The van der Waals surface area contributed by atoms with Crippen molar-refractivity contribution in [3.05, 3.63) is 29.3 Å². The van der Waals surface area contributed by atoms with Gasteiger partial charge >= 0.3 is 0 Å². The van der Waals surface area contributed by atoms with E-state index in [1.165, 1.54) is 6.07 Å². The molecule has 0 N–H and O–H groups in total. The smallest absolute Gasteiger partial charge is 0.229 e. The number of hydrogen-bond donors (Lipinski definition) is 0. The van der Waals surface area contributed by atoms with Crippen molar-refractivity contribution in [2.75, 3.05) is 38.1 Å². The van der Waals surface area contributed by atoms with E-state index in [1.807, 2.05) is 6.92 Å². The molecular formula is C16H19FN6. The highest BCUT2D eigenvalue weighted by atomic mass is 19.1. The zero-order chi connectivity index (χ0) is 16.1. The van der Waals surface area contributed by atoms with Gasteiger partial charge in [0.05, 0.1) is 5.52 Å². The Morgan fingerprint density at radius 2 is 1.78 bits per heavy atom. The van der Waals surface area contributed by atoms with E-state index in [4.69, 9.17) is 4.98 Å². The maximum absolute atomic E-state index is 14.0. The number of halogens is 1. The van der Waals surface area contributed by atoms with Gasteiger partial charge in [-0.3, -0.25) is 0 Å². The molecule has 0 atom stereocenters. The molecule has 7 heteroatoms. The van der Waals surface area contributed by atoms with Crippen LogP contribution in [0.2, 0.25) is 0 Å². The van der Waals surface area contributed by atoms with Crippen molar-refractivity contribution >= 4 is 22.5 Å². The lowest BCUT2D eigenvalue weighted by atomic mass is 10.1. The standard InChI is InChI=1S/C16H19FN6/c1-10-8-14-12(9-13(10)17)15-18-11(2)20-23(15)16(19-14)22-6-4-21(3)5-7-22/h8-9H,4-7H2,1-3H3. The second kappa shape index (κ2) is 5.13. The molecule has 0 amide bonds. The maximum Gasteiger partial charge on any atom is 0.229 e. The second-order valence-electron chi connectivity index (χ2n) is 6.22. The fraction of sp³-hybridized carbons (Fsp3) is 0.438. The predicted octanol–water partition coefficient (Wildman–Crippen LogP) is 1.79. The minimum absolute atomic E-state index is 0.241. The SMILES string of the molecule is Cc1nc2c3cc(F)c(C)cc3nc(N3CCN(C)CC3)n2n1. The average Bonchev–Trinajstić information content (AvgIpc) is 2.91. The molecule has 2 aromatic heterocycles. The summed E-state index contributed by atoms with van der Waals surface area (Å²) in [5.41, 5.74) is 2.02. The monoisotopic (exact) mass is 314 g/mol. The molecular weight excluding hydrogens is 295 g/mol. The summed E-state index contributed by atoms with van der Waals surface area (Å²) in [6, 6.07) is 3.29. The third-order valence-electron chi connectivity index (χ3n) is 4.43. The molecule has 1 aliphatic heterocycles. The number of hydrogen-bond acceptors (Lipinski definition) is 5. The summed E-state index contributed by atoms with van der Waals surface area (Å²) in [5.74, 6) is 1.21. The number of piperazine rings is 1. The largest absolute Gasteiger partial charge is 0.338 e. The van der Waals surface area contributed by atoms with Gasteiger partial charge in [-0.2, -0.15) is 4.52 Å². The highest BCUT2D eigenvalue weighted by Crippen LogP contribution is 2.25. The van der Waals surface area contributed by atoms with Gasteiger partial charge in [0, 0.05) is 31.6 Å². The van der Waals surface area contributed by atoms with Gasteiger partial charge in [0.25, 0.3) is 0 Å². The summed E-state index contributed by atoms with van der Waals surface area (Å²) < 4.78 is 15.7. The van der Waals surface area contributed by atoms with E-state index in [0.29, 0.717) is 22.4 Å². The fourth-order valence-electron chi connectivity index (χ4n) is 3.03. The van der Waals surface area contributed by atoms with E-state index in [2.05, 4.69) is 26.9 Å². The Morgan fingerprint density at radius 3 is 2.52 bits per heavy atom. The van der Waals surface area contributed by atoms with E-state index >= 15 is 0 Å². The van der Waals surface area contributed by atoms with Gasteiger partial charge in [-0.15, -0.1) is 5.10 Å². The third kappa shape index (κ3) is 2.31. The van der Waals surface area contributed by atoms with E-state index in [1.54, 1.807) is 17.5 Å². The van der Waals surface area contributed by atoms with E-state index in [-0.39, 0.29) is 5.82 Å². The number of anilines is 1. The van der Waals surface area contributed by atoms with Crippen LogP contribution in [0.25, 0.3) is 16.6 Å². The van der Waals surface area contributed by atoms with Crippen LogP contribution in [0.4, 0.5) is 10.3 Å². The lowest BCUT2D eigenvalue weighted by Gasteiger charge is -2.33. The molecule has 4 rings (SSSR count). The quantitative estimate of drug-likeness (QED) is 0.685. The summed E-state index contributed by atoms with van der Waals surface area (Å²) in [5, 5.41) is 5.18. The van der Waals surface area contributed by atoms with Crippen LogP contribution in [-0.4, -0.2) is 57.7 Å². The highest BCUT2D eigenvalue weighted by Gasteiger charge is 2.21. The summed E-state index contributed by atoms with van der Waals surface area (Å²) in [7, 11) is 2.12. The maximum atomic E-state index is 14.0. The minimum Gasteiger partial charge on any atom is -0.338 e. The van der Waals surface area contributed by atoms with Crippen LogP contribution in [0.3, 0.4) is 0 Å². The summed E-state index contributed by atoms with van der Waals surface area (Å²) in [4.78, 5) is 13.8. The Balaban J connectivity index is 1.97. The average molecular weight is 314 g/mol. The number of likely N-dealkylation sites (N-methyl/N-ethyl adjacent to an activating group) is 1. The van der Waals surface area contributed by atoms with E-state index in [0.717, 1.165) is 37.6 Å². The number of aryl methyl sites for hydroxylation is 2. The van der Waals surface area contributed by atoms with Gasteiger partial charge in [-0.25, -0.2) is 14.4 Å². The first kappa shape index (κ1) is 14.3. The van der Waals surface area contributed by atoms with Crippen LogP contribution >= 0.6 is 0 Å². The molecule has 0 radical (unpaired) electrons. The topological polar surface area (TPSA) is 49.6 Å². The molecule has 0 aliphatic carbocycles. The first-order chi connectivity index (χ1) is 11.0. The van der Waals surface area contributed by atoms with Crippen LogP contribution in [0, 0.1) is 19.7 Å². The predicted molar refractivity (Wildman–Crippen MR) is 87.4 cm³/mol. The van der Waals surface area contributed by atoms with Crippen molar-refractivity contribution in [1.82, 2.24) is 24.5 Å². The molecule has 6 nitrogen and oxygen atoms in total. The lowest BCUT2D eigenvalue weighted by Crippen LogP contribution is -2.45. The number of fused-ring (bicyclic) bond motifs is 3. The Labute approximate surface area is 133 Å². The van der Waals surface area contributed by atoms with Crippen molar-refractivity contribution < 1.29 is 4.39 Å². The van der Waals surface area contributed by atoms with Crippen molar-refractivity contribution in [3.8, 4) is 0 Å². The zero-order valence-electron chi connectivity index (χ0n) is 13.5. The van der Waals surface area contributed by atoms with Crippen LogP contribution in [0.5, 0.6) is 0 Å².